The first kappa shape index (κ1) is 28.4. The molecule has 2 aliphatic rings. The monoisotopic (exact) mass is 548 g/mol. The van der Waals surface area contributed by atoms with Gasteiger partial charge in [0.1, 0.15) is 0 Å². The Kier molecular flexibility index (Phi) is 14.3. The smallest absolute Gasteiger partial charge is 0.748 e. The van der Waals surface area contributed by atoms with Crippen LogP contribution in [0.5, 0.6) is 0 Å². The summed E-state index contributed by atoms with van der Waals surface area (Å²) in [5.41, 5.74) is 0. The molecule has 0 spiro atoms. The molecule has 0 amide bonds. The maximum atomic E-state index is 10.9. The standard InChI is InChI=1S/2C9H18O3S.Ba/c2*1-2-9(13(10,11)12)8-6-4-3-5-7-8;/h2*8-9H,2-7H2,1H3,(H,10,11,12);/q;;+2/p-2/t2*9-;/m00./s1. The fraction of sp³-hybridized carbons (Fsp3) is 1.00. The molecule has 2 atom stereocenters. The quantitative estimate of drug-likeness (QED) is 0.372. The summed E-state index contributed by atoms with van der Waals surface area (Å²) in [6, 6.07) is 0. The summed E-state index contributed by atoms with van der Waals surface area (Å²) in [7, 11) is -8.13. The van der Waals surface area contributed by atoms with Crippen LogP contribution in [0.25, 0.3) is 0 Å². The van der Waals surface area contributed by atoms with Gasteiger partial charge in [-0.1, -0.05) is 52.4 Å². The zero-order chi connectivity index (χ0) is 19.8. The average Bonchev–Trinajstić information content (AvgIpc) is 2.56. The van der Waals surface area contributed by atoms with E-state index in [0.717, 1.165) is 51.4 Å². The van der Waals surface area contributed by atoms with Gasteiger partial charge in [0.2, 0.25) is 0 Å². The van der Waals surface area contributed by atoms with Gasteiger partial charge in [-0.2, -0.15) is 0 Å². The Balaban J connectivity index is 0.000000483. The van der Waals surface area contributed by atoms with Gasteiger partial charge in [0.25, 0.3) is 0 Å². The Morgan fingerprint density at radius 3 is 1.11 bits per heavy atom. The predicted octanol–water partition coefficient (Wildman–Crippen LogP) is 3.40. The van der Waals surface area contributed by atoms with Crippen molar-refractivity contribution in [2.24, 2.45) is 11.8 Å². The summed E-state index contributed by atoms with van der Waals surface area (Å²) in [6.07, 6.45) is 11.3. The van der Waals surface area contributed by atoms with Gasteiger partial charge in [-0.3, -0.25) is 0 Å². The molecule has 6 nitrogen and oxygen atoms in total. The van der Waals surface area contributed by atoms with Crippen LogP contribution in [0.4, 0.5) is 0 Å². The molecule has 0 aromatic rings. The van der Waals surface area contributed by atoms with E-state index in [2.05, 4.69) is 0 Å². The van der Waals surface area contributed by atoms with Gasteiger partial charge in [-0.05, 0) is 50.4 Å². The van der Waals surface area contributed by atoms with Crippen molar-refractivity contribution < 1.29 is 25.9 Å². The summed E-state index contributed by atoms with van der Waals surface area (Å²) < 4.78 is 65.4. The number of hydrogen-bond acceptors (Lipinski definition) is 6. The van der Waals surface area contributed by atoms with Crippen molar-refractivity contribution in [1.29, 1.82) is 0 Å². The first-order valence-corrected chi connectivity index (χ1v) is 12.9. The van der Waals surface area contributed by atoms with E-state index in [1.54, 1.807) is 13.8 Å². The van der Waals surface area contributed by atoms with Gasteiger partial charge in [0, 0.05) is 0 Å². The predicted molar refractivity (Wildman–Crippen MR) is 106 cm³/mol. The van der Waals surface area contributed by atoms with E-state index in [1.807, 2.05) is 0 Å². The molecular formula is C18H34BaO6S2. The van der Waals surface area contributed by atoms with E-state index in [1.165, 1.54) is 12.8 Å². The molecule has 2 rings (SSSR count). The largest absolute Gasteiger partial charge is 2.00 e. The second-order valence-electron chi connectivity index (χ2n) is 7.68. The first-order chi connectivity index (χ1) is 12.1. The van der Waals surface area contributed by atoms with Crippen LogP contribution in [0.2, 0.25) is 0 Å². The molecule has 0 aromatic carbocycles. The maximum absolute atomic E-state index is 10.9. The van der Waals surface area contributed by atoms with E-state index >= 15 is 0 Å². The summed E-state index contributed by atoms with van der Waals surface area (Å²) in [4.78, 5) is 0. The summed E-state index contributed by atoms with van der Waals surface area (Å²) >= 11 is 0. The molecule has 27 heavy (non-hydrogen) atoms. The van der Waals surface area contributed by atoms with Crippen molar-refractivity contribution in [2.75, 3.05) is 0 Å². The van der Waals surface area contributed by atoms with Crippen molar-refractivity contribution in [2.45, 2.75) is 101 Å². The molecule has 2 fully saturated rings. The Morgan fingerprint density at radius 1 is 0.667 bits per heavy atom. The summed E-state index contributed by atoms with van der Waals surface area (Å²) in [6.45, 7) is 3.57. The molecule has 0 unspecified atom stereocenters. The third kappa shape index (κ3) is 10.3. The van der Waals surface area contributed by atoms with Crippen LogP contribution < -0.4 is 0 Å². The molecule has 156 valence electrons. The fourth-order valence-corrected chi connectivity index (χ4v) is 6.86. The van der Waals surface area contributed by atoms with Crippen LogP contribution in [0.1, 0.15) is 90.9 Å². The normalized spacial score (nSPS) is 22.1. The van der Waals surface area contributed by atoms with Gasteiger partial charge in [0.05, 0.1) is 30.7 Å². The summed E-state index contributed by atoms with van der Waals surface area (Å²) in [5, 5.41) is -1.26. The van der Waals surface area contributed by atoms with E-state index in [-0.39, 0.29) is 60.7 Å². The molecule has 0 saturated heterocycles. The topological polar surface area (TPSA) is 114 Å². The van der Waals surface area contributed by atoms with Gasteiger partial charge in [-0.25, -0.2) is 16.8 Å². The zero-order valence-electron chi connectivity index (χ0n) is 16.8. The zero-order valence-corrected chi connectivity index (χ0v) is 22.8. The number of hydrogen-bond donors (Lipinski definition) is 0. The minimum atomic E-state index is -4.06. The summed E-state index contributed by atoms with van der Waals surface area (Å²) in [5.74, 6) is 0.252. The van der Waals surface area contributed by atoms with Gasteiger partial charge < -0.3 is 9.11 Å². The molecule has 0 bridgehead atoms. The van der Waals surface area contributed by atoms with E-state index in [0.29, 0.717) is 12.8 Å². The van der Waals surface area contributed by atoms with E-state index in [9.17, 15) is 25.9 Å². The molecule has 2 saturated carbocycles. The van der Waals surface area contributed by atoms with Crippen molar-refractivity contribution in [1.82, 2.24) is 0 Å². The molecule has 0 aromatic heterocycles. The molecule has 0 radical (unpaired) electrons. The van der Waals surface area contributed by atoms with Crippen molar-refractivity contribution in [3.63, 3.8) is 0 Å². The van der Waals surface area contributed by atoms with Crippen LogP contribution in [-0.2, 0) is 20.2 Å². The average molecular weight is 548 g/mol. The van der Waals surface area contributed by atoms with Crippen molar-refractivity contribution in [3.8, 4) is 0 Å². The van der Waals surface area contributed by atoms with Gasteiger partial charge in [-0.15, -0.1) is 0 Å². The number of rotatable bonds is 6. The van der Waals surface area contributed by atoms with E-state index in [4.69, 9.17) is 0 Å². The molecule has 9 heteroatoms. The SMILES string of the molecule is CC[C@@H](C1CCCCC1)S(=O)(=O)[O-].CC[C@@H](C1CCCCC1)S(=O)(=O)[O-].[Ba+2]. The Bertz CT molecular complexity index is 539. The molecule has 2 aliphatic carbocycles. The first-order valence-electron chi connectivity index (χ1n) is 10.0. The van der Waals surface area contributed by atoms with Crippen LogP contribution in [0.15, 0.2) is 0 Å². The molecule has 0 heterocycles. The molecule has 0 aliphatic heterocycles. The molecule has 0 N–H and O–H groups in total. The third-order valence-corrected chi connectivity index (χ3v) is 8.82. The van der Waals surface area contributed by atoms with Crippen LogP contribution >= 0.6 is 0 Å². The third-order valence-electron chi connectivity index (χ3n) is 5.90. The Morgan fingerprint density at radius 2 is 0.926 bits per heavy atom. The minimum absolute atomic E-state index is 0. The van der Waals surface area contributed by atoms with Gasteiger partial charge >= 0.3 is 48.9 Å². The second-order valence-corrected chi connectivity index (χ2v) is 10.9. The van der Waals surface area contributed by atoms with Crippen molar-refractivity contribution >= 4 is 69.1 Å². The van der Waals surface area contributed by atoms with E-state index < -0.39 is 30.7 Å². The van der Waals surface area contributed by atoms with Crippen LogP contribution in [-0.4, -0.2) is 85.3 Å². The Labute approximate surface area is 206 Å². The van der Waals surface area contributed by atoms with Crippen LogP contribution in [0.3, 0.4) is 0 Å². The van der Waals surface area contributed by atoms with Crippen LogP contribution in [0, 0.1) is 11.8 Å². The second kappa shape index (κ2) is 13.6. The molecular weight excluding hydrogens is 514 g/mol. The maximum Gasteiger partial charge on any atom is 2.00 e. The minimum Gasteiger partial charge on any atom is -0.748 e. The fourth-order valence-electron chi connectivity index (χ4n) is 4.56. The van der Waals surface area contributed by atoms with Gasteiger partial charge in [0.15, 0.2) is 0 Å². The van der Waals surface area contributed by atoms with Crippen molar-refractivity contribution in [3.05, 3.63) is 0 Å². The Hall–Kier alpha value is 1.39.